The van der Waals surface area contributed by atoms with Crippen molar-refractivity contribution in [3.63, 3.8) is 0 Å². The SMILES string of the molecule is COc1ccccc1C(=O)NCc1nc(CN2CCCCC2)cs1. The average molecular weight is 345 g/mol. The number of piperidine rings is 1. The highest BCUT2D eigenvalue weighted by Crippen LogP contribution is 2.18. The number of carbonyl (C=O) groups is 1. The fourth-order valence-electron chi connectivity index (χ4n) is 2.93. The highest BCUT2D eigenvalue weighted by molar-refractivity contribution is 7.09. The van der Waals surface area contributed by atoms with Gasteiger partial charge in [0, 0.05) is 11.9 Å². The predicted molar refractivity (Wildman–Crippen MR) is 95.4 cm³/mol. The molecule has 0 radical (unpaired) electrons. The van der Waals surface area contributed by atoms with Crippen molar-refractivity contribution >= 4 is 17.2 Å². The Bertz CT molecular complexity index is 680. The first-order chi connectivity index (χ1) is 11.8. The van der Waals surface area contributed by atoms with Crippen LogP contribution >= 0.6 is 11.3 Å². The topological polar surface area (TPSA) is 54.5 Å². The largest absolute Gasteiger partial charge is 0.496 e. The second-order valence-corrected chi connectivity index (χ2v) is 6.90. The minimum absolute atomic E-state index is 0.139. The van der Waals surface area contributed by atoms with Crippen LogP contribution < -0.4 is 10.1 Å². The van der Waals surface area contributed by atoms with Crippen LogP contribution in [0.3, 0.4) is 0 Å². The molecule has 24 heavy (non-hydrogen) atoms. The van der Waals surface area contributed by atoms with E-state index in [9.17, 15) is 4.79 Å². The molecule has 0 atom stereocenters. The van der Waals surface area contributed by atoms with Gasteiger partial charge in [-0.15, -0.1) is 11.3 Å². The quantitative estimate of drug-likeness (QED) is 0.874. The molecule has 1 saturated heterocycles. The lowest BCUT2D eigenvalue weighted by Gasteiger charge is -2.25. The first kappa shape index (κ1) is 16.9. The third-order valence-corrected chi connectivity index (χ3v) is 5.08. The monoisotopic (exact) mass is 345 g/mol. The summed E-state index contributed by atoms with van der Waals surface area (Å²) in [5, 5.41) is 5.95. The van der Waals surface area contributed by atoms with Crippen LogP contribution in [0, 0.1) is 0 Å². The molecule has 0 bridgehead atoms. The molecule has 1 aromatic heterocycles. The Balaban J connectivity index is 1.54. The Kier molecular flexibility index (Phi) is 5.82. The number of ether oxygens (including phenoxy) is 1. The predicted octanol–water partition coefficient (Wildman–Crippen LogP) is 3.07. The molecule has 1 aromatic carbocycles. The Hall–Kier alpha value is -1.92. The van der Waals surface area contributed by atoms with Gasteiger partial charge in [-0.25, -0.2) is 4.98 Å². The molecular formula is C18H23N3O2S. The highest BCUT2D eigenvalue weighted by Gasteiger charge is 2.14. The van der Waals surface area contributed by atoms with Crippen LogP contribution in [0.25, 0.3) is 0 Å². The number of benzene rings is 1. The number of nitrogens with one attached hydrogen (secondary N) is 1. The van der Waals surface area contributed by atoms with Gasteiger partial charge < -0.3 is 10.1 Å². The van der Waals surface area contributed by atoms with E-state index in [1.807, 2.05) is 12.1 Å². The van der Waals surface area contributed by atoms with Gasteiger partial charge in [-0.2, -0.15) is 0 Å². The van der Waals surface area contributed by atoms with Crippen molar-refractivity contribution in [2.24, 2.45) is 0 Å². The van der Waals surface area contributed by atoms with E-state index in [1.165, 1.54) is 19.3 Å². The maximum absolute atomic E-state index is 12.3. The highest BCUT2D eigenvalue weighted by atomic mass is 32.1. The van der Waals surface area contributed by atoms with Crippen LogP contribution in [0.5, 0.6) is 5.75 Å². The molecule has 1 amide bonds. The molecule has 3 rings (SSSR count). The number of nitrogens with zero attached hydrogens (tertiary/aromatic N) is 2. The fraction of sp³-hybridized carbons (Fsp3) is 0.444. The van der Waals surface area contributed by atoms with Crippen molar-refractivity contribution in [2.75, 3.05) is 20.2 Å². The minimum atomic E-state index is -0.139. The van der Waals surface area contributed by atoms with Crippen molar-refractivity contribution in [1.29, 1.82) is 0 Å². The van der Waals surface area contributed by atoms with Crippen LogP contribution in [-0.4, -0.2) is 36.0 Å². The Morgan fingerprint density at radius 2 is 2.08 bits per heavy atom. The molecule has 1 aliphatic heterocycles. The van der Waals surface area contributed by atoms with E-state index in [0.29, 0.717) is 17.9 Å². The molecule has 1 aliphatic rings. The lowest BCUT2D eigenvalue weighted by Crippen LogP contribution is -2.29. The van der Waals surface area contributed by atoms with Crippen LogP contribution in [-0.2, 0) is 13.1 Å². The van der Waals surface area contributed by atoms with Crippen LogP contribution in [0.15, 0.2) is 29.6 Å². The van der Waals surface area contributed by atoms with Crippen LogP contribution in [0.2, 0.25) is 0 Å². The zero-order valence-electron chi connectivity index (χ0n) is 14.0. The van der Waals surface area contributed by atoms with Gasteiger partial charge in [0.25, 0.3) is 5.91 Å². The van der Waals surface area contributed by atoms with Crippen LogP contribution in [0.4, 0.5) is 0 Å². The van der Waals surface area contributed by atoms with Crippen LogP contribution in [0.1, 0.15) is 40.3 Å². The van der Waals surface area contributed by atoms with Gasteiger partial charge in [0.2, 0.25) is 0 Å². The molecule has 2 aromatic rings. The van der Waals surface area contributed by atoms with Gasteiger partial charge >= 0.3 is 0 Å². The van der Waals surface area contributed by atoms with Crippen molar-refractivity contribution in [1.82, 2.24) is 15.2 Å². The summed E-state index contributed by atoms with van der Waals surface area (Å²) in [4.78, 5) is 19.4. The number of thiazole rings is 1. The molecule has 0 spiro atoms. The summed E-state index contributed by atoms with van der Waals surface area (Å²) in [6.45, 7) is 3.69. The summed E-state index contributed by atoms with van der Waals surface area (Å²) in [6.07, 6.45) is 3.91. The second-order valence-electron chi connectivity index (χ2n) is 5.95. The molecule has 1 N–H and O–H groups in total. The van der Waals surface area contributed by atoms with E-state index in [-0.39, 0.29) is 5.91 Å². The van der Waals surface area contributed by atoms with Crippen molar-refractivity contribution in [2.45, 2.75) is 32.4 Å². The standard InChI is InChI=1S/C18H23N3O2S/c1-23-16-8-4-3-7-15(16)18(22)19-11-17-20-14(13-24-17)12-21-9-5-2-6-10-21/h3-4,7-8,13H,2,5-6,9-12H2,1H3,(H,19,22). The van der Waals surface area contributed by atoms with E-state index >= 15 is 0 Å². The maximum Gasteiger partial charge on any atom is 0.255 e. The van der Waals surface area contributed by atoms with E-state index in [0.717, 1.165) is 30.3 Å². The summed E-state index contributed by atoms with van der Waals surface area (Å²) in [6, 6.07) is 7.23. The van der Waals surface area contributed by atoms with E-state index < -0.39 is 0 Å². The minimum Gasteiger partial charge on any atom is -0.496 e. The second kappa shape index (κ2) is 8.26. The third kappa shape index (κ3) is 4.33. The number of aromatic nitrogens is 1. The van der Waals surface area contributed by atoms with Gasteiger partial charge in [-0.05, 0) is 38.1 Å². The fourth-order valence-corrected chi connectivity index (χ4v) is 3.66. The molecule has 1 fully saturated rings. The first-order valence-electron chi connectivity index (χ1n) is 8.33. The number of likely N-dealkylation sites (tertiary alicyclic amines) is 1. The summed E-state index contributed by atoms with van der Waals surface area (Å²) in [7, 11) is 1.57. The lowest BCUT2D eigenvalue weighted by atomic mass is 10.1. The number of hydrogen-bond donors (Lipinski definition) is 1. The summed E-state index contributed by atoms with van der Waals surface area (Å²) >= 11 is 1.60. The van der Waals surface area contributed by atoms with Crippen molar-refractivity contribution < 1.29 is 9.53 Å². The third-order valence-electron chi connectivity index (χ3n) is 4.19. The van der Waals surface area contributed by atoms with Crippen molar-refractivity contribution in [3.8, 4) is 5.75 Å². The normalized spacial score (nSPS) is 15.2. The molecular weight excluding hydrogens is 322 g/mol. The number of amides is 1. The first-order valence-corrected chi connectivity index (χ1v) is 9.21. The summed E-state index contributed by atoms with van der Waals surface area (Å²) < 4.78 is 5.23. The van der Waals surface area contributed by atoms with Gasteiger partial charge in [0.05, 0.1) is 24.9 Å². The number of para-hydroxylation sites is 1. The maximum atomic E-state index is 12.3. The van der Waals surface area contributed by atoms with Gasteiger partial charge in [0.15, 0.2) is 0 Å². The Labute approximate surface area is 146 Å². The summed E-state index contributed by atoms with van der Waals surface area (Å²) in [5.41, 5.74) is 1.65. The lowest BCUT2D eigenvalue weighted by molar-refractivity contribution is 0.0948. The molecule has 6 heteroatoms. The Morgan fingerprint density at radius 3 is 2.88 bits per heavy atom. The summed E-state index contributed by atoms with van der Waals surface area (Å²) in [5.74, 6) is 0.445. The zero-order chi connectivity index (χ0) is 16.8. The van der Waals surface area contributed by atoms with Gasteiger partial charge in [0.1, 0.15) is 10.8 Å². The molecule has 128 valence electrons. The molecule has 0 aliphatic carbocycles. The number of methoxy groups -OCH3 is 1. The van der Waals surface area contributed by atoms with E-state index in [2.05, 4.69) is 20.6 Å². The van der Waals surface area contributed by atoms with E-state index in [4.69, 9.17) is 4.74 Å². The molecule has 5 nitrogen and oxygen atoms in total. The smallest absolute Gasteiger partial charge is 0.255 e. The van der Waals surface area contributed by atoms with Gasteiger partial charge in [-0.1, -0.05) is 18.6 Å². The van der Waals surface area contributed by atoms with Gasteiger partial charge in [-0.3, -0.25) is 9.69 Å². The molecule has 2 heterocycles. The number of rotatable bonds is 6. The van der Waals surface area contributed by atoms with Crippen molar-refractivity contribution in [3.05, 3.63) is 45.9 Å². The van der Waals surface area contributed by atoms with E-state index in [1.54, 1.807) is 30.6 Å². The Morgan fingerprint density at radius 1 is 1.29 bits per heavy atom. The average Bonchev–Trinajstić information content (AvgIpc) is 3.08. The number of carbonyl (C=O) groups excluding carboxylic acids is 1. The number of hydrogen-bond acceptors (Lipinski definition) is 5. The molecule has 0 unspecified atom stereocenters. The molecule has 0 saturated carbocycles. The zero-order valence-corrected chi connectivity index (χ0v) is 14.8.